The molecule has 2 saturated heterocycles. The molecule has 6 rings (SSSR count). The second kappa shape index (κ2) is 13.2. The van der Waals surface area contributed by atoms with E-state index in [-0.39, 0.29) is 17.5 Å². The lowest BCUT2D eigenvalue weighted by atomic mass is 9.98. The van der Waals surface area contributed by atoms with Gasteiger partial charge in [0.05, 0.1) is 18.3 Å². The summed E-state index contributed by atoms with van der Waals surface area (Å²) in [7, 11) is 2.17. The molecule has 4 heterocycles. The summed E-state index contributed by atoms with van der Waals surface area (Å²) in [5.74, 6) is 0.512. The number of hydrogen-bond acceptors (Lipinski definition) is 7. The van der Waals surface area contributed by atoms with E-state index in [0.717, 1.165) is 49.2 Å². The van der Waals surface area contributed by atoms with Gasteiger partial charge in [0.25, 0.3) is 5.56 Å². The third-order valence-corrected chi connectivity index (χ3v) is 9.52. The molecule has 1 atom stereocenters. The largest absolute Gasteiger partial charge is 0.358 e. The maximum Gasteiger partial charge on any atom is 0.260 e. The Morgan fingerprint density at radius 2 is 1.87 bits per heavy atom. The van der Waals surface area contributed by atoms with Crippen LogP contribution in [0.25, 0.3) is 22.2 Å². The van der Waals surface area contributed by atoms with Crippen molar-refractivity contribution < 1.29 is 4.79 Å². The van der Waals surface area contributed by atoms with Crippen molar-refractivity contribution in [1.29, 1.82) is 0 Å². The number of carbonyl (C=O) groups is 1. The molecule has 0 bridgehead atoms. The minimum Gasteiger partial charge on any atom is -0.358 e. The summed E-state index contributed by atoms with van der Waals surface area (Å²) in [5.41, 5.74) is 5.70. The molecule has 2 aromatic heterocycles. The molecule has 45 heavy (non-hydrogen) atoms. The van der Waals surface area contributed by atoms with Crippen LogP contribution in [0.1, 0.15) is 56.2 Å². The SMILES string of the molecule is CCC(=O)N1CCC[C@H](n2c(=O)c(-c3ccccc3Cl)c(C)c3cnc(Nc4ccc(N5CCCCN(C)C5)c(C)c4)nc32)C1. The van der Waals surface area contributed by atoms with E-state index in [9.17, 15) is 9.59 Å². The molecule has 4 aromatic rings. The lowest BCUT2D eigenvalue weighted by Crippen LogP contribution is -2.43. The zero-order valence-corrected chi connectivity index (χ0v) is 27.4. The molecule has 0 unspecified atom stereocenters. The number of halogens is 1. The number of piperidine rings is 1. The molecular weight excluding hydrogens is 586 g/mol. The molecule has 1 amide bonds. The molecule has 0 radical (unpaired) electrons. The quantitative estimate of drug-likeness (QED) is 0.260. The Hall–Kier alpha value is -3.95. The van der Waals surface area contributed by atoms with Gasteiger partial charge in [-0.3, -0.25) is 19.1 Å². The van der Waals surface area contributed by atoms with Crippen LogP contribution in [0, 0.1) is 13.8 Å². The van der Waals surface area contributed by atoms with Crippen LogP contribution in [0.5, 0.6) is 0 Å². The molecule has 10 heteroatoms. The van der Waals surface area contributed by atoms with Crippen LogP contribution < -0.4 is 15.8 Å². The van der Waals surface area contributed by atoms with Crippen molar-refractivity contribution in [2.24, 2.45) is 0 Å². The Balaban J connectivity index is 1.42. The molecule has 0 saturated carbocycles. The number of nitrogens with one attached hydrogen (secondary N) is 1. The number of rotatable bonds is 6. The minimum atomic E-state index is -0.220. The molecule has 236 valence electrons. The van der Waals surface area contributed by atoms with E-state index in [1.165, 1.54) is 24.1 Å². The molecule has 2 fully saturated rings. The van der Waals surface area contributed by atoms with Crippen LogP contribution in [-0.2, 0) is 4.79 Å². The number of hydrogen-bond donors (Lipinski definition) is 1. The number of carbonyl (C=O) groups excluding carboxylic acids is 1. The lowest BCUT2D eigenvalue weighted by molar-refractivity contribution is -0.132. The van der Waals surface area contributed by atoms with Crippen molar-refractivity contribution in [1.82, 2.24) is 24.3 Å². The Labute approximate surface area is 269 Å². The summed E-state index contributed by atoms with van der Waals surface area (Å²) in [6.45, 7) is 10.2. The van der Waals surface area contributed by atoms with Crippen molar-refractivity contribution in [3.63, 3.8) is 0 Å². The molecule has 2 aliphatic heterocycles. The molecular formula is C35H42ClN7O2. The predicted molar refractivity (Wildman–Crippen MR) is 183 cm³/mol. The zero-order chi connectivity index (χ0) is 31.7. The van der Waals surface area contributed by atoms with Crippen molar-refractivity contribution in [2.45, 2.75) is 58.9 Å². The summed E-state index contributed by atoms with van der Waals surface area (Å²) in [5, 5.41) is 4.69. The fourth-order valence-corrected chi connectivity index (χ4v) is 7.09. The van der Waals surface area contributed by atoms with Gasteiger partial charge in [-0.15, -0.1) is 0 Å². The number of amides is 1. The molecule has 9 nitrogen and oxygen atoms in total. The number of likely N-dealkylation sites (tertiary alicyclic amines) is 1. The van der Waals surface area contributed by atoms with Crippen molar-refractivity contribution in [3.05, 3.63) is 75.2 Å². The van der Waals surface area contributed by atoms with Crippen molar-refractivity contribution in [3.8, 4) is 11.1 Å². The molecule has 0 aliphatic carbocycles. The van der Waals surface area contributed by atoms with Gasteiger partial charge in [-0.05, 0) is 88.5 Å². The van der Waals surface area contributed by atoms with E-state index in [1.807, 2.05) is 36.9 Å². The van der Waals surface area contributed by atoms with E-state index in [0.29, 0.717) is 47.3 Å². The van der Waals surface area contributed by atoms with Crippen molar-refractivity contribution in [2.75, 3.05) is 50.1 Å². The van der Waals surface area contributed by atoms with Gasteiger partial charge in [-0.25, -0.2) is 4.98 Å². The summed E-state index contributed by atoms with van der Waals surface area (Å²) in [6.07, 6.45) is 6.20. The first kappa shape index (κ1) is 31.0. The lowest BCUT2D eigenvalue weighted by Gasteiger charge is -2.34. The molecule has 1 N–H and O–H groups in total. The highest BCUT2D eigenvalue weighted by molar-refractivity contribution is 6.33. The first-order valence-electron chi connectivity index (χ1n) is 16.0. The summed E-state index contributed by atoms with van der Waals surface area (Å²) in [6, 6.07) is 13.6. The Bertz CT molecular complexity index is 1790. The maximum atomic E-state index is 14.5. The third-order valence-electron chi connectivity index (χ3n) is 9.19. The Kier molecular flexibility index (Phi) is 9.10. The van der Waals surface area contributed by atoms with Gasteiger partial charge >= 0.3 is 0 Å². The highest BCUT2D eigenvalue weighted by Gasteiger charge is 2.29. The fraction of sp³-hybridized carbons (Fsp3) is 0.429. The van der Waals surface area contributed by atoms with Crippen LogP contribution in [0.4, 0.5) is 17.3 Å². The molecule has 2 aliphatic rings. The van der Waals surface area contributed by atoms with Gasteiger partial charge in [0, 0.05) is 59.6 Å². The zero-order valence-electron chi connectivity index (χ0n) is 26.6. The van der Waals surface area contributed by atoms with E-state index in [4.69, 9.17) is 21.6 Å². The summed E-state index contributed by atoms with van der Waals surface area (Å²) < 4.78 is 1.78. The summed E-state index contributed by atoms with van der Waals surface area (Å²) in [4.78, 5) is 43.5. The average Bonchev–Trinajstić information content (AvgIpc) is 3.25. The first-order valence-corrected chi connectivity index (χ1v) is 16.4. The third kappa shape index (κ3) is 6.29. The number of fused-ring (bicyclic) bond motifs is 1. The normalized spacial score (nSPS) is 17.8. The average molecular weight is 628 g/mol. The Morgan fingerprint density at radius 3 is 2.64 bits per heavy atom. The molecule has 2 aromatic carbocycles. The van der Waals surface area contributed by atoms with Gasteiger partial charge in [-0.1, -0.05) is 36.7 Å². The van der Waals surface area contributed by atoms with Crippen molar-refractivity contribution >= 4 is 45.9 Å². The number of pyridine rings is 1. The second-order valence-corrected chi connectivity index (χ2v) is 12.8. The smallest absolute Gasteiger partial charge is 0.260 e. The van der Waals surface area contributed by atoms with Gasteiger partial charge < -0.3 is 15.1 Å². The van der Waals surface area contributed by atoms with Crippen LogP contribution >= 0.6 is 11.6 Å². The highest BCUT2D eigenvalue weighted by atomic mass is 35.5. The van der Waals surface area contributed by atoms with Gasteiger partial charge in [-0.2, -0.15) is 4.98 Å². The minimum absolute atomic E-state index is 0.0955. The number of aromatic nitrogens is 3. The fourth-order valence-electron chi connectivity index (χ4n) is 6.86. The van der Waals surface area contributed by atoms with Gasteiger partial charge in [0.1, 0.15) is 5.65 Å². The summed E-state index contributed by atoms with van der Waals surface area (Å²) >= 11 is 6.63. The standard InChI is InChI=1S/C35H42ClN7O2/c1-5-31(44)41-18-10-11-26(21-41)43-33-28(24(3)32(34(43)45)27-12-6-7-13-29(27)36)20-37-35(39-33)38-25-14-15-30(23(2)19-25)42-17-9-8-16-40(4)22-42/h6-7,12-15,19-20,26H,5,8-11,16-18,21-22H2,1-4H3,(H,37,38,39)/t26-/m0/s1. The van der Waals surface area contributed by atoms with E-state index < -0.39 is 0 Å². The van der Waals surface area contributed by atoms with Crippen LogP contribution in [0.15, 0.2) is 53.5 Å². The van der Waals surface area contributed by atoms with E-state index >= 15 is 0 Å². The van der Waals surface area contributed by atoms with Crippen LogP contribution in [0.2, 0.25) is 5.02 Å². The number of aryl methyl sites for hydroxylation is 2. The topological polar surface area (TPSA) is 86.6 Å². The number of anilines is 3. The van der Waals surface area contributed by atoms with E-state index in [2.05, 4.69) is 47.3 Å². The van der Waals surface area contributed by atoms with Gasteiger partial charge in [0.15, 0.2) is 0 Å². The number of nitrogens with zero attached hydrogens (tertiary/aromatic N) is 6. The monoisotopic (exact) mass is 627 g/mol. The highest BCUT2D eigenvalue weighted by Crippen LogP contribution is 2.34. The number of benzene rings is 2. The van der Waals surface area contributed by atoms with Crippen LogP contribution in [-0.4, -0.2) is 70.1 Å². The van der Waals surface area contributed by atoms with E-state index in [1.54, 1.807) is 16.8 Å². The first-order chi connectivity index (χ1) is 21.7. The van der Waals surface area contributed by atoms with Gasteiger partial charge in [0.2, 0.25) is 11.9 Å². The maximum absolute atomic E-state index is 14.5. The second-order valence-electron chi connectivity index (χ2n) is 12.4. The Morgan fingerprint density at radius 1 is 1.07 bits per heavy atom. The molecule has 0 spiro atoms. The van der Waals surface area contributed by atoms with Crippen LogP contribution in [0.3, 0.4) is 0 Å². The predicted octanol–water partition coefficient (Wildman–Crippen LogP) is 6.54.